The van der Waals surface area contributed by atoms with Gasteiger partial charge in [0.05, 0.1) is 21.5 Å². The van der Waals surface area contributed by atoms with Crippen molar-refractivity contribution in [2.45, 2.75) is 24.0 Å². The van der Waals surface area contributed by atoms with E-state index in [0.717, 1.165) is 17.0 Å². The van der Waals surface area contributed by atoms with Gasteiger partial charge in [-0.05, 0) is 25.1 Å². The highest BCUT2D eigenvalue weighted by Gasteiger charge is 2.35. The average molecular weight is 359 g/mol. The van der Waals surface area contributed by atoms with Crippen LogP contribution in [-0.4, -0.2) is 39.4 Å². The minimum atomic E-state index is -4.78. The van der Waals surface area contributed by atoms with Gasteiger partial charge in [-0.1, -0.05) is 11.6 Å². The number of nitrogens with zero attached hydrogens (tertiary/aromatic N) is 1. The molecule has 0 heterocycles. The van der Waals surface area contributed by atoms with Gasteiger partial charge in [-0.3, -0.25) is 4.79 Å². The van der Waals surface area contributed by atoms with Crippen molar-refractivity contribution < 1.29 is 26.4 Å². The molecule has 5 nitrogen and oxygen atoms in total. The fraction of sp³-hybridized carbons (Fsp3) is 0.417. The molecule has 1 atom stereocenters. The van der Waals surface area contributed by atoms with E-state index in [1.807, 2.05) is 4.72 Å². The maximum atomic E-state index is 12.8. The molecule has 1 rings (SSSR count). The van der Waals surface area contributed by atoms with Gasteiger partial charge in [0.25, 0.3) is 0 Å². The summed E-state index contributed by atoms with van der Waals surface area (Å²) in [5, 5.41) is -0.608. The van der Waals surface area contributed by atoms with Crippen LogP contribution in [0.2, 0.25) is 5.02 Å². The van der Waals surface area contributed by atoms with Crippen molar-refractivity contribution in [1.82, 2.24) is 9.62 Å². The molecule has 1 unspecified atom stereocenters. The number of carbonyl (C=O) groups excluding carboxylic acids is 1. The lowest BCUT2D eigenvalue weighted by molar-refractivity contribution is -0.137. The second-order valence-corrected chi connectivity index (χ2v) is 6.84. The lowest BCUT2D eigenvalue weighted by atomic mass is 10.2. The van der Waals surface area contributed by atoms with Crippen molar-refractivity contribution in [3.8, 4) is 0 Å². The fourth-order valence-electron chi connectivity index (χ4n) is 1.63. The molecule has 0 radical (unpaired) electrons. The first-order valence-electron chi connectivity index (χ1n) is 5.96. The molecule has 1 N–H and O–H groups in total. The summed E-state index contributed by atoms with van der Waals surface area (Å²) in [6.07, 6.45) is -4.78. The molecule has 0 saturated carbocycles. The SMILES string of the molecule is CC(NS(=O)(=O)c1ccc(Cl)c(C(F)(F)F)c1)C(=O)N(C)C. The van der Waals surface area contributed by atoms with Gasteiger partial charge in [0.15, 0.2) is 0 Å². The number of alkyl halides is 3. The Morgan fingerprint density at radius 1 is 1.32 bits per heavy atom. The summed E-state index contributed by atoms with van der Waals surface area (Å²) in [6, 6.07) is 1.09. The maximum Gasteiger partial charge on any atom is 0.417 e. The monoisotopic (exact) mass is 358 g/mol. The normalized spacial score (nSPS) is 13.8. The zero-order chi connectivity index (χ0) is 17.3. The number of halogens is 4. The van der Waals surface area contributed by atoms with E-state index in [4.69, 9.17) is 11.6 Å². The fourth-order valence-corrected chi connectivity index (χ4v) is 3.07. The van der Waals surface area contributed by atoms with Crippen LogP contribution in [0.5, 0.6) is 0 Å². The van der Waals surface area contributed by atoms with Gasteiger partial charge in [0, 0.05) is 14.1 Å². The predicted molar refractivity (Wildman–Crippen MR) is 74.9 cm³/mol. The van der Waals surface area contributed by atoms with Gasteiger partial charge in [0.1, 0.15) is 0 Å². The Hall–Kier alpha value is -1.32. The Kier molecular flexibility index (Phi) is 5.47. The van der Waals surface area contributed by atoms with E-state index in [2.05, 4.69) is 0 Å². The van der Waals surface area contributed by atoms with Crippen LogP contribution in [0.3, 0.4) is 0 Å². The summed E-state index contributed by atoms with van der Waals surface area (Å²) in [5.41, 5.74) is -1.26. The topological polar surface area (TPSA) is 66.5 Å². The van der Waals surface area contributed by atoms with Crippen LogP contribution in [0.4, 0.5) is 13.2 Å². The minimum Gasteiger partial charge on any atom is -0.347 e. The summed E-state index contributed by atoms with van der Waals surface area (Å²) in [5.74, 6) is -0.534. The first kappa shape index (κ1) is 18.7. The summed E-state index contributed by atoms with van der Waals surface area (Å²) in [6.45, 7) is 1.29. The molecule has 1 aromatic carbocycles. The third-order valence-corrected chi connectivity index (χ3v) is 4.56. The lowest BCUT2D eigenvalue weighted by Crippen LogP contribution is -2.44. The second-order valence-electron chi connectivity index (χ2n) is 4.72. The van der Waals surface area contributed by atoms with Gasteiger partial charge < -0.3 is 4.90 Å². The average Bonchev–Trinajstić information content (AvgIpc) is 2.35. The van der Waals surface area contributed by atoms with Crippen LogP contribution in [0.25, 0.3) is 0 Å². The van der Waals surface area contributed by atoms with Crippen molar-refractivity contribution in [3.63, 3.8) is 0 Å². The highest BCUT2D eigenvalue weighted by molar-refractivity contribution is 7.89. The van der Waals surface area contributed by atoms with E-state index in [-0.39, 0.29) is 0 Å². The zero-order valence-electron chi connectivity index (χ0n) is 11.9. The summed E-state index contributed by atoms with van der Waals surface area (Å²) < 4.78 is 64.4. The largest absolute Gasteiger partial charge is 0.417 e. The van der Waals surface area contributed by atoms with E-state index in [1.165, 1.54) is 21.0 Å². The number of nitrogens with one attached hydrogen (secondary N) is 1. The van der Waals surface area contributed by atoms with E-state index in [1.54, 1.807) is 0 Å². The van der Waals surface area contributed by atoms with E-state index >= 15 is 0 Å². The number of benzene rings is 1. The highest BCUT2D eigenvalue weighted by atomic mass is 35.5. The Labute approximate surface area is 131 Å². The molecule has 0 fully saturated rings. The van der Waals surface area contributed by atoms with Crippen molar-refractivity contribution in [3.05, 3.63) is 28.8 Å². The molecule has 0 saturated heterocycles. The smallest absolute Gasteiger partial charge is 0.347 e. The van der Waals surface area contributed by atoms with Crippen LogP contribution < -0.4 is 4.72 Å². The van der Waals surface area contributed by atoms with E-state index in [9.17, 15) is 26.4 Å². The summed E-state index contributed by atoms with van der Waals surface area (Å²) in [4.78, 5) is 12.2. The third-order valence-electron chi connectivity index (χ3n) is 2.70. The van der Waals surface area contributed by atoms with Gasteiger partial charge in [-0.15, -0.1) is 0 Å². The molecule has 0 aliphatic heterocycles. The first-order valence-corrected chi connectivity index (χ1v) is 7.82. The van der Waals surface area contributed by atoms with Crippen LogP contribution >= 0.6 is 11.6 Å². The first-order chi connectivity index (χ1) is 9.86. The van der Waals surface area contributed by atoms with E-state index < -0.39 is 43.6 Å². The predicted octanol–water partition coefficient (Wildman–Crippen LogP) is 2.11. The standard InChI is InChI=1S/C12H14ClF3N2O3S/c1-7(11(19)18(2)3)17-22(20,21)8-4-5-10(13)9(6-8)12(14,15)16/h4-7,17H,1-3H3. The number of hydrogen-bond acceptors (Lipinski definition) is 3. The molecule has 0 aliphatic carbocycles. The molecule has 124 valence electrons. The van der Waals surface area contributed by atoms with Crippen LogP contribution in [-0.2, 0) is 21.0 Å². The third kappa shape index (κ3) is 4.34. The number of rotatable bonds is 4. The van der Waals surface area contributed by atoms with Crippen molar-refractivity contribution in [1.29, 1.82) is 0 Å². The highest BCUT2D eigenvalue weighted by Crippen LogP contribution is 2.35. The number of likely N-dealkylation sites (N-methyl/N-ethyl adjacent to an activating group) is 1. The Morgan fingerprint density at radius 3 is 2.32 bits per heavy atom. The van der Waals surface area contributed by atoms with Crippen molar-refractivity contribution >= 4 is 27.5 Å². The number of sulfonamides is 1. The molecule has 22 heavy (non-hydrogen) atoms. The molecule has 10 heteroatoms. The van der Waals surface area contributed by atoms with Gasteiger partial charge in [-0.2, -0.15) is 17.9 Å². The summed E-state index contributed by atoms with van der Waals surface area (Å²) in [7, 11) is -1.44. The molecule has 0 spiro atoms. The van der Waals surface area contributed by atoms with E-state index in [0.29, 0.717) is 6.07 Å². The van der Waals surface area contributed by atoms with Crippen LogP contribution in [0.1, 0.15) is 12.5 Å². The quantitative estimate of drug-likeness (QED) is 0.896. The lowest BCUT2D eigenvalue weighted by Gasteiger charge is -2.18. The van der Waals surface area contributed by atoms with Gasteiger partial charge in [-0.25, -0.2) is 8.42 Å². The van der Waals surface area contributed by atoms with Crippen LogP contribution in [0, 0.1) is 0 Å². The molecule has 0 aromatic heterocycles. The second kappa shape index (κ2) is 6.43. The van der Waals surface area contributed by atoms with Gasteiger partial charge >= 0.3 is 6.18 Å². The molecule has 1 amide bonds. The van der Waals surface area contributed by atoms with Crippen LogP contribution in [0.15, 0.2) is 23.1 Å². The minimum absolute atomic E-state index is 0.428. The molecular weight excluding hydrogens is 345 g/mol. The molecule has 0 bridgehead atoms. The Balaban J connectivity index is 3.17. The maximum absolute atomic E-state index is 12.8. The van der Waals surface area contributed by atoms with Gasteiger partial charge in [0.2, 0.25) is 15.9 Å². The molecule has 1 aromatic rings. The number of amides is 1. The summed E-state index contributed by atoms with van der Waals surface area (Å²) >= 11 is 5.43. The van der Waals surface area contributed by atoms with Crippen molar-refractivity contribution in [2.24, 2.45) is 0 Å². The molecule has 0 aliphatic rings. The Morgan fingerprint density at radius 2 is 1.86 bits per heavy atom. The number of hydrogen-bond donors (Lipinski definition) is 1. The molecular formula is C12H14ClF3N2O3S. The zero-order valence-corrected chi connectivity index (χ0v) is 13.5. The number of carbonyl (C=O) groups is 1. The Bertz CT molecular complexity index is 675. The van der Waals surface area contributed by atoms with Crippen molar-refractivity contribution in [2.75, 3.05) is 14.1 Å².